The van der Waals surface area contributed by atoms with Crippen molar-refractivity contribution in [1.29, 1.82) is 0 Å². The predicted octanol–water partition coefficient (Wildman–Crippen LogP) is 5.81. The van der Waals surface area contributed by atoms with Crippen molar-refractivity contribution in [3.8, 4) is 0 Å². The molecule has 1 N–H and O–H groups in total. The molecule has 170 valence electrons. The minimum Gasteiger partial charge on any atom is -0.481 e. The van der Waals surface area contributed by atoms with E-state index in [-0.39, 0.29) is 31.6 Å². The van der Waals surface area contributed by atoms with Gasteiger partial charge in [-0.05, 0) is 19.3 Å². The summed E-state index contributed by atoms with van der Waals surface area (Å²) in [7, 11) is 0. The molecule has 0 amide bonds. The Kier molecular flexibility index (Phi) is 20.0. The number of unbranched alkanes of at least 4 members (excludes halogenated alkanes) is 12. The SMILES string of the molecule is CCCCCCCCCCCC(=O)OCCOC(=O)CCCCCCCC(=O)O. The molecule has 0 rings (SSSR count). The summed E-state index contributed by atoms with van der Waals surface area (Å²) in [6, 6.07) is 0. The molecule has 0 aliphatic rings. The lowest BCUT2D eigenvalue weighted by Gasteiger charge is -2.07. The van der Waals surface area contributed by atoms with Gasteiger partial charge < -0.3 is 14.6 Å². The monoisotopic (exact) mass is 414 g/mol. The molecule has 6 heteroatoms. The lowest BCUT2D eigenvalue weighted by Crippen LogP contribution is -2.13. The average Bonchev–Trinajstić information content (AvgIpc) is 2.69. The van der Waals surface area contributed by atoms with Gasteiger partial charge in [-0.2, -0.15) is 0 Å². The Morgan fingerprint density at radius 2 is 0.897 bits per heavy atom. The first-order chi connectivity index (χ1) is 14.1. The van der Waals surface area contributed by atoms with Gasteiger partial charge in [0, 0.05) is 19.3 Å². The van der Waals surface area contributed by atoms with E-state index in [0.29, 0.717) is 19.3 Å². The van der Waals surface area contributed by atoms with Crippen LogP contribution in [0.4, 0.5) is 0 Å². The molecule has 0 saturated carbocycles. The summed E-state index contributed by atoms with van der Waals surface area (Å²) in [5.74, 6) is -1.25. The summed E-state index contributed by atoms with van der Waals surface area (Å²) < 4.78 is 10.1. The van der Waals surface area contributed by atoms with Crippen molar-refractivity contribution in [3.63, 3.8) is 0 Å². The third kappa shape index (κ3) is 22.6. The summed E-state index contributed by atoms with van der Waals surface area (Å²) >= 11 is 0. The quantitative estimate of drug-likeness (QED) is 0.188. The third-order valence-electron chi connectivity index (χ3n) is 4.87. The topological polar surface area (TPSA) is 89.9 Å². The number of esters is 2. The molecule has 0 aliphatic heterocycles. The van der Waals surface area contributed by atoms with Gasteiger partial charge in [0.15, 0.2) is 0 Å². The van der Waals surface area contributed by atoms with E-state index < -0.39 is 5.97 Å². The molecular formula is C23H42O6. The van der Waals surface area contributed by atoms with E-state index in [9.17, 15) is 14.4 Å². The first-order valence-electron chi connectivity index (χ1n) is 11.6. The van der Waals surface area contributed by atoms with Crippen LogP contribution in [0.5, 0.6) is 0 Å². The second-order valence-corrected chi connectivity index (χ2v) is 7.68. The molecule has 0 radical (unpaired) electrons. The van der Waals surface area contributed by atoms with E-state index >= 15 is 0 Å². The van der Waals surface area contributed by atoms with Crippen LogP contribution in [0.3, 0.4) is 0 Å². The number of carboxylic acids is 1. The van der Waals surface area contributed by atoms with Crippen LogP contribution in [0.2, 0.25) is 0 Å². The zero-order chi connectivity index (χ0) is 21.6. The van der Waals surface area contributed by atoms with Gasteiger partial charge in [0.25, 0.3) is 0 Å². The van der Waals surface area contributed by atoms with Crippen LogP contribution in [0.15, 0.2) is 0 Å². The fourth-order valence-corrected chi connectivity index (χ4v) is 3.11. The highest BCUT2D eigenvalue weighted by Crippen LogP contribution is 2.11. The predicted molar refractivity (Wildman–Crippen MR) is 114 cm³/mol. The molecule has 6 nitrogen and oxygen atoms in total. The minimum atomic E-state index is -0.762. The van der Waals surface area contributed by atoms with Gasteiger partial charge in [-0.15, -0.1) is 0 Å². The summed E-state index contributed by atoms with van der Waals surface area (Å²) in [5, 5.41) is 8.54. The Balaban J connectivity index is 3.33. The first-order valence-corrected chi connectivity index (χ1v) is 11.6. The van der Waals surface area contributed by atoms with Crippen LogP contribution in [-0.2, 0) is 23.9 Å². The number of carbonyl (C=O) groups excluding carboxylic acids is 2. The fourth-order valence-electron chi connectivity index (χ4n) is 3.11. The van der Waals surface area contributed by atoms with Gasteiger partial charge in [-0.3, -0.25) is 14.4 Å². The number of carbonyl (C=O) groups is 3. The maximum atomic E-state index is 11.6. The van der Waals surface area contributed by atoms with E-state index in [1.807, 2.05) is 0 Å². The lowest BCUT2D eigenvalue weighted by molar-refractivity contribution is -0.152. The van der Waals surface area contributed by atoms with E-state index in [0.717, 1.165) is 38.5 Å². The minimum absolute atomic E-state index is 0.112. The van der Waals surface area contributed by atoms with E-state index in [2.05, 4.69) is 6.92 Å². The molecule has 0 aromatic carbocycles. The molecule has 0 aromatic rings. The van der Waals surface area contributed by atoms with E-state index in [1.165, 1.54) is 44.9 Å². The number of carboxylic acid groups (broad SMARTS) is 1. The highest BCUT2D eigenvalue weighted by Gasteiger charge is 2.06. The lowest BCUT2D eigenvalue weighted by atomic mass is 10.1. The molecule has 0 aliphatic carbocycles. The van der Waals surface area contributed by atoms with Crippen molar-refractivity contribution < 1.29 is 29.0 Å². The zero-order valence-electron chi connectivity index (χ0n) is 18.4. The molecule has 0 bridgehead atoms. The number of ether oxygens (including phenoxy) is 2. The molecule has 0 fully saturated rings. The third-order valence-corrected chi connectivity index (χ3v) is 4.87. The molecule has 0 aromatic heterocycles. The second-order valence-electron chi connectivity index (χ2n) is 7.68. The molecular weight excluding hydrogens is 372 g/mol. The molecule has 0 saturated heterocycles. The maximum absolute atomic E-state index is 11.6. The molecule has 0 spiro atoms. The second kappa shape index (κ2) is 21.1. The molecule has 29 heavy (non-hydrogen) atoms. The Morgan fingerprint density at radius 3 is 1.28 bits per heavy atom. The van der Waals surface area contributed by atoms with Gasteiger partial charge >= 0.3 is 17.9 Å². The number of rotatable bonds is 21. The van der Waals surface area contributed by atoms with Gasteiger partial charge in [-0.1, -0.05) is 77.6 Å². The van der Waals surface area contributed by atoms with Crippen LogP contribution < -0.4 is 0 Å². The highest BCUT2D eigenvalue weighted by molar-refractivity contribution is 5.70. The molecule has 0 unspecified atom stereocenters. The van der Waals surface area contributed by atoms with Crippen molar-refractivity contribution in [2.45, 2.75) is 116 Å². The summed E-state index contributed by atoms with van der Waals surface area (Å²) in [4.78, 5) is 33.6. The fraction of sp³-hybridized carbons (Fsp3) is 0.870. The van der Waals surface area contributed by atoms with Crippen molar-refractivity contribution in [2.75, 3.05) is 13.2 Å². The largest absolute Gasteiger partial charge is 0.481 e. The van der Waals surface area contributed by atoms with E-state index in [1.54, 1.807) is 0 Å². The first kappa shape index (κ1) is 27.4. The number of aliphatic carboxylic acids is 1. The smallest absolute Gasteiger partial charge is 0.305 e. The zero-order valence-corrected chi connectivity index (χ0v) is 18.4. The Bertz CT molecular complexity index is 422. The summed E-state index contributed by atoms with van der Waals surface area (Å²) in [6.07, 6.45) is 16.0. The average molecular weight is 415 g/mol. The normalized spacial score (nSPS) is 10.7. The van der Waals surface area contributed by atoms with Gasteiger partial charge in [-0.25, -0.2) is 0 Å². The summed E-state index contributed by atoms with van der Waals surface area (Å²) in [6.45, 7) is 2.46. The molecule has 0 heterocycles. The maximum Gasteiger partial charge on any atom is 0.305 e. The van der Waals surface area contributed by atoms with Crippen molar-refractivity contribution >= 4 is 17.9 Å². The van der Waals surface area contributed by atoms with Crippen molar-refractivity contribution in [3.05, 3.63) is 0 Å². The van der Waals surface area contributed by atoms with Crippen molar-refractivity contribution in [2.24, 2.45) is 0 Å². The van der Waals surface area contributed by atoms with Gasteiger partial charge in [0.1, 0.15) is 13.2 Å². The van der Waals surface area contributed by atoms with Crippen LogP contribution >= 0.6 is 0 Å². The van der Waals surface area contributed by atoms with Crippen molar-refractivity contribution in [1.82, 2.24) is 0 Å². The van der Waals surface area contributed by atoms with Crippen LogP contribution in [0.1, 0.15) is 116 Å². The van der Waals surface area contributed by atoms with Crippen LogP contribution in [0, 0.1) is 0 Å². The Labute approximate surface area is 176 Å². The summed E-state index contributed by atoms with van der Waals surface area (Å²) in [5.41, 5.74) is 0. The standard InChI is InChI=1S/C23H42O6/c1-2-3-4-5-6-7-8-11-14-17-22(26)28-19-20-29-23(27)18-15-12-9-10-13-16-21(24)25/h2-20H2,1H3,(H,24,25). The Hall–Kier alpha value is -1.59. The highest BCUT2D eigenvalue weighted by atomic mass is 16.6. The van der Waals surface area contributed by atoms with Gasteiger partial charge in [0.2, 0.25) is 0 Å². The Morgan fingerprint density at radius 1 is 0.552 bits per heavy atom. The van der Waals surface area contributed by atoms with E-state index in [4.69, 9.17) is 14.6 Å². The number of hydrogen-bond acceptors (Lipinski definition) is 5. The van der Waals surface area contributed by atoms with Crippen LogP contribution in [-0.4, -0.2) is 36.2 Å². The number of hydrogen-bond donors (Lipinski definition) is 1. The molecule has 0 atom stereocenters. The van der Waals surface area contributed by atoms with Gasteiger partial charge in [0.05, 0.1) is 0 Å². The van der Waals surface area contributed by atoms with Crippen LogP contribution in [0.25, 0.3) is 0 Å².